The number of halogens is 1. The molecule has 2 aliphatic carbocycles. The van der Waals surface area contributed by atoms with E-state index in [1.165, 1.54) is 37.8 Å². The Balaban J connectivity index is 0.00000256. The molecule has 6 nitrogen and oxygen atoms in total. The zero-order chi connectivity index (χ0) is 20.2. The molecule has 2 N–H and O–H groups in total. The van der Waals surface area contributed by atoms with Crippen molar-refractivity contribution >= 4 is 29.9 Å². The fraction of sp³-hybridized carbons (Fsp3) is 0.565. The molecule has 0 saturated heterocycles. The van der Waals surface area contributed by atoms with Gasteiger partial charge in [0.2, 0.25) is 0 Å². The highest BCUT2D eigenvalue weighted by Crippen LogP contribution is 2.34. The normalized spacial score (nSPS) is 16.5. The van der Waals surface area contributed by atoms with Gasteiger partial charge in [0.05, 0.1) is 11.4 Å². The summed E-state index contributed by atoms with van der Waals surface area (Å²) in [7, 11) is 1.84. The van der Waals surface area contributed by atoms with E-state index in [1.54, 1.807) is 0 Å². The van der Waals surface area contributed by atoms with Crippen molar-refractivity contribution < 1.29 is 0 Å². The van der Waals surface area contributed by atoms with Crippen LogP contribution in [0.25, 0.3) is 5.69 Å². The summed E-state index contributed by atoms with van der Waals surface area (Å²) in [6.07, 6.45) is 5.61. The fourth-order valence-corrected chi connectivity index (χ4v) is 3.95. The zero-order valence-corrected chi connectivity index (χ0v) is 20.7. The molecular weight excluding hydrogens is 487 g/mol. The summed E-state index contributed by atoms with van der Waals surface area (Å²) in [5.41, 5.74) is 4.50. The number of guanidine groups is 1. The Bertz CT molecular complexity index is 853. The van der Waals surface area contributed by atoms with Crippen LogP contribution < -0.4 is 10.6 Å². The van der Waals surface area contributed by atoms with Crippen LogP contribution in [0.4, 0.5) is 0 Å². The highest BCUT2D eigenvalue weighted by Gasteiger charge is 2.33. The van der Waals surface area contributed by atoms with Crippen LogP contribution in [0.15, 0.2) is 35.3 Å². The Hall–Kier alpha value is -1.61. The summed E-state index contributed by atoms with van der Waals surface area (Å²) in [5.74, 6) is 1.81. The number of nitrogens with one attached hydrogen (secondary N) is 2. The molecule has 0 radical (unpaired) electrons. The SMILES string of the molecule is CN=C(NCCN(CC1CC1)C1CC1)NCc1ccccc1-n1nc(C)cc1C.I. The molecule has 0 spiro atoms. The number of rotatable bonds is 9. The third-order valence-electron chi connectivity index (χ3n) is 5.84. The van der Waals surface area contributed by atoms with E-state index in [4.69, 9.17) is 0 Å². The van der Waals surface area contributed by atoms with Gasteiger partial charge in [-0.3, -0.25) is 9.89 Å². The minimum Gasteiger partial charge on any atom is -0.355 e. The van der Waals surface area contributed by atoms with Gasteiger partial charge < -0.3 is 10.6 Å². The molecule has 2 saturated carbocycles. The molecule has 1 aromatic carbocycles. The van der Waals surface area contributed by atoms with Gasteiger partial charge in [-0.1, -0.05) is 18.2 Å². The Morgan fingerprint density at radius 3 is 2.57 bits per heavy atom. The van der Waals surface area contributed by atoms with E-state index in [0.717, 1.165) is 48.1 Å². The van der Waals surface area contributed by atoms with Crippen molar-refractivity contribution in [1.29, 1.82) is 0 Å². The number of aromatic nitrogens is 2. The van der Waals surface area contributed by atoms with Crippen molar-refractivity contribution in [3.63, 3.8) is 0 Å². The third-order valence-corrected chi connectivity index (χ3v) is 5.84. The van der Waals surface area contributed by atoms with Gasteiger partial charge in [-0.2, -0.15) is 5.10 Å². The zero-order valence-electron chi connectivity index (χ0n) is 18.4. The molecule has 2 aromatic rings. The molecule has 164 valence electrons. The van der Waals surface area contributed by atoms with E-state index < -0.39 is 0 Å². The predicted octanol–water partition coefficient (Wildman–Crippen LogP) is 3.65. The minimum absolute atomic E-state index is 0. The summed E-state index contributed by atoms with van der Waals surface area (Å²) < 4.78 is 2.02. The quantitative estimate of drug-likeness (QED) is 0.300. The molecule has 1 heterocycles. The minimum atomic E-state index is 0. The van der Waals surface area contributed by atoms with Gasteiger partial charge in [0.1, 0.15) is 0 Å². The number of hydrogen-bond donors (Lipinski definition) is 2. The van der Waals surface area contributed by atoms with E-state index in [0.29, 0.717) is 6.54 Å². The van der Waals surface area contributed by atoms with E-state index in [9.17, 15) is 0 Å². The molecule has 0 bridgehead atoms. The standard InChI is InChI=1S/C23H34N6.HI/c1-17-14-18(2)29(27-17)22-7-5-4-6-20(22)15-26-23(24-3)25-12-13-28(21-10-11-21)16-19-8-9-19;/h4-7,14,19,21H,8-13,15-16H2,1-3H3,(H2,24,25,26);1H. The average Bonchev–Trinajstić information content (AvgIpc) is 3.63. The molecule has 30 heavy (non-hydrogen) atoms. The van der Waals surface area contributed by atoms with Crippen LogP contribution in [-0.4, -0.2) is 53.4 Å². The van der Waals surface area contributed by atoms with Gasteiger partial charge in [-0.25, -0.2) is 4.68 Å². The van der Waals surface area contributed by atoms with Gasteiger partial charge in [-0.05, 0) is 63.1 Å². The monoisotopic (exact) mass is 522 g/mol. The smallest absolute Gasteiger partial charge is 0.191 e. The van der Waals surface area contributed by atoms with E-state index in [-0.39, 0.29) is 24.0 Å². The first-order valence-electron chi connectivity index (χ1n) is 10.9. The van der Waals surface area contributed by atoms with Crippen molar-refractivity contribution in [3.8, 4) is 5.69 Å². The van der Waals surface area contributed by atoms with Crippen molar-refractivity contribution in [1.82, 2.24) is 25.3 Å². The lowest BCUT2D eigenvalue weighted by Crippen LogP contribution is -2.42. The number of hydrogen-bond acceptors (Lipinski definition) is 3. The second-order valence-electron chi connectivity index (χ2n) is 8.49. The lowest BCUT2D eigenvalue weighted by Gasteiger charge is -2.22. The second kappa shape index (κ2) is 10.6. The van der Waals surface area contributed by atoms with Crippen LogP contribution in [0, 0.1) is 19.8 Å². The van der Waals surface area contributed by atoms with Crippen LogP contribution in [-0.2, 0) is 6.54 Å². The van der Waals surface area contributed by atoms with Crippen LogP contribution in [0.2, 0.25) is 0 Å². The predicted molar refractivity (Wildman–Crippen MR) is 134 cm³/mol. The molecule has 0 unspecified atom stereocenters. The number of nitrogens with zero attached hydrogens (tertiary/aromatic N) is 4. The Morgan fingerprint density at radius 2 is 1.93 bits per heavy atom. The molecule has 0 amide bonds. The van der Waals surface area contributed by atoms with Gasteiger partial charge in [0.25, 0.3) is 0 Å². The molecule has 0 atom stereocenters. The van der Waals surface area contributed by atoms with Crippen molar-refractivity contribution in [2.75, 3.05) is 26.7 Å². The van der Waals surface area contributed by atoms with Crippen LogP contribution >= 0.6 is 24.0 Å². The van der Waals surface area contributed by atoms with Gasteiger partial charge in [0.15, 0.2) is 5.96 Å². The number of aliphatic imine (C=N–C) groups is 1. The van der Waals surface area contributed by atoms with Crippen LogP contribution in [0.1, 0.15) is 42.6 Å². The van der Waals surface area contributed by atoms with E-state index in [1.807, 2.05) is 18.7 Å². The van der Waals surface area contributed by atoms with Gasteiger partial charge >= 0.3 is 0 Å². The maximum absolute atomic E-state index is 4.65. The molecular formula is C23H35IN6. The summed E-state index contributed by atoms with van der Waals surface area (Å²) >= 11 is 0. The summed E-state index contributed by atoms with van der Waals surface area (Å²) in [6.45, 7) is 8.16. The number of aryl methyl sites for hydroxylation is 2. The highest BCUT2D eigenvalue weighted by molar-refractivity contribution is 14.0. The molecule has 2 aliphatic rings. The summed E-state index contributed by atoms with van der Waals surface area (Å²) in [6, 6.07) is 11.4. The van der Waals surface area contributed by atoms with E-state index in [2.05, 4.69) is 62.9 Å². The molecule has 2 fully saturated rings. The maximum atomic E-state index is 4.65. The van der Waals surface area contributed by atoms with Crippen LogP contribution in [0.5, 0.6) is 0 Å². The lowest BCUT2D eigenvalue weighted by molar-refractivity contribution is 0.256. The molecule has 1 aromatic heterocycles. The topological polar surface area (TPSA) is 57.5 Å². The Labute approximate surface area is 197 Å². The average molecular weight is 522 g/mol. The van der Waals surface area contributed by atoms with Gasteiger partial charge in [0, 0.05) is 45.0 Å². The first kappa shape index (κ1) is 23.1. The second-order valence-corrected chi connectivity index (χ2v) is 8.49. The summed E-state index contributed by atoms with van der Waals surface area (Å²) in [5, 5.41) is 11.6. The Kier molecular flexibility index (Phi) is 8.16. The molecule has 4 rings (SSSR count). The lowest BCUT2D eigenvalue weighted by atomic mass is 10.1. The van der Waals surface area contributed by atoms with Crippen molar-refractivity contribution in [2.45, 2.75) is 52.1 Å². The largest absolute Gasteiger partial charge is 0.355 e. The first-order chi connectivity index (χ1) is 14.1. The Morgan fingerprint density at radius 1 is 1.17 bits per heavy atom. The molecule has 7 heteroatoms. The molecule has 0 aliphatic heterocycles. The van der Waals surface area contributed by atoms with Crippen molar-refractivity contribution in [3.05, 3.63) is 47.3 Å². The fourth-order valence-electron chi connectivity index (χ4n) is 3.95. The highest BCUT2D eigenvalue weighted by atomic mass is 127. The maximum Gasteiger partial charge on any atom is 0.191 e. The van der Waals surface area contributed by atoms with Crippen molar-refractivity contribution in [2.24, 2.45) is 10.9 Å². The van der Waals surface area contributed by atoms with Gasteiger partial charge in [-0.15, -0.1) is 24.0 Å². The number of benzene rings is 1. The number of para-hydroxylation sites is 1. The van der Waals surface area contributed by atoms with Crippen LogP contribution in [0.3, 0.4) is 0 Å². The summed E-state index contributed by atoms with van der Waals surface area (Å²) in [4.78, 5) is 7.09. The first-order valence-corrected chi connectivity index (χ1v) is 10.9. The third kappa shape index (κ3) is 6.20. The van der Waals surface area contributed by atoms with E-state index >= 15 is 0 Å².